The van der Waals surface area contributed by atoms with Crippen LogP contribution in [-0.4, -0.2) is 0 Å². The molecular weight excluding hydrogens is 518 g/mol. The Bertz CT molecular complexity index is 2240. The van der Waals surface area contributed by atoms with Crippen molar-refractivity contribution in [3.8, 4) is 22.3 Å². The van der Waals surface area contributed by atoms with E-state index in [-0.39, 0.29) is 0 Å². The van der Waals surface area contributed by atoms with E-state index >= 15 is 0 Å². The van der Waals surface area contributed by atoms with Crippen LogP contribution in [0.1, 0.15) is 0 Å². The molecular formula is C42H29N. The first-order valence-corrected chi connectivity index (χ1v) is 14.8. The molecule has 0 saturated carbocycles. The summed E-state index contributed by atoms with van der Waals surface area (Å²) >= 11 is 0. The second-order valence-electron chi connectivity index (χ2n) is 11.0. The van der Waals surface area contributed by atoms with Crippen molar-refractivity contribution < 1.29 is 0 Å². The molecule has 1 heteroatoms. The van der Waals surface area contributed by atoms with Crippen LogP contribution in [0.3, 0.4) is 0 Å². The zero-order valence-electron chi connectivity index (χ0n) is 23.7. The summed E-state index contributed by atoms with van der Waals surface area (Å²) in [6.45, 7) is 0. The van der Waals surface area contributed by atoms with Crippen LogP contribution in [0.4, 0.5) is 17.1 Å². The molecule has 8 aromatic rings. The number of benzene rings is 8. The van der Waals surface area contributed by atoms with Gasteiger partial charge in [0.15, 0.2) is 0 Å². The third-order valence-corrected chi connectivity index (χ3v) is 8.42. The van der Waals surface area contributed by atoms with Gasteiger partial charge in [-0.1, -0.05) is 146 Å². The van der Waals surface area contributed by atoms with Crippen molar-refractivity contribution >= 4 is 49.4 Å². The number of hydrogen-bond acceptors (Lipinski definition) is 1. The summed E-state index contributed by atoms with van der Waals surface area (Å²) in [4.78, 5) is 2.40. The summed E-state index contributed by atoms with van der Waals surface area (Å²) in [7, 11) is 0. The van der Waals surface area contributed by atoms with Crippen LogP contribution in [0, 0.1) is 0 Å². The molecule has 202 valence electrons. The zero-order chi connectivity index (χ0) is 28.6. The molecule has 0 aliphatic rings. The minimum atomic E-state index is 1.13. The molecule has 8 aromatic carbocycles. The minimum absolute atomic E-state index is 1.13. The van der Waals surface area contributed by atoms with E-state index in [1.807, 2.05) is 0 Å². The van der Waals surface area contributed by atoms with E-state index in [4.69, 9.17) is 0 Å². The van der Waals surface area contributed by atoms with Gasteiger partial charge in [0.05, 0.1) is 5.69 Å². The Morgan fingerprint density at radius 3 is 1.65 bits per heavy atom. The number of rotatable bonds is 5. The lowest BCUT2D eigenvalue weighted by atomic mass is 9.93. The van der Waals surface area contributed by atoms with Gasteiger partial charge in [0, 0.05) is 16.9 Å². The molecule has 0 saturated heterocycles. The molecule has 43 heavy (non-hydrogen) atoms. The summed E-state index contributed by atoms with van der Waals surface area (Å²) < 4.78 is 0. The third kappa shape index (κ3) is 4.52. The van der Waals surface area contributed by atoms with Gasteiger partial charge >= 0.3 is 0 Å². The van der Waals surface area contributed by atoms with Crippen molar-refractivity contribution in [3.05, 3.63) is 176 Å². The van der Waals surface area contributed by atoms with Crippen LogP contribution in [-0.2, 0) is 0 Å². The summed E-state index contributed by atoms with van der Waals surface area (Å²) in [5.74, 6) is 0. The van der Waals surface area contributed by atoms with Crippen LogP contribution in [0.25, 0.3) is 54.6 Å². The summed E-state index contributed by atoms with van der Waals surface area (Å²) in [5, 5.41) is 7.45. The second-order valence-corrected chi connectivity index (χ2v) is 11.0. The Kier molecular flexibility index (Phi) is 6.20. The zero-order valence-corrected chi connectivity index (χ0v) is 23.7. The molecule has 0 fully saturated rings. The first-order chi connectivity index (χ1) is 21.3. The van der Waals surface area contributed by atoms with Crippen LogP contribution < -0.4 is 4.90 Å². The molecule has 0 aliphatic heterocycles. The lowest BCUT2D eigenvalue weighted by molar-refractivity contribution is 1.29. The Labute approximate surface area is 251 Å². The average molecular weight is 548 g/mol. The largest absolute Gasteiger partial charge is 0.310 e. The van der Waals surface area contributed by atoms with Crippen LogP contribution in [0.2, 0.25) is 0 Å². The molecule has 0 bridgehead atoms. The summed E-state index contributed by atoms with van der Waals surface area (Å²) in [6, 6.07) is 63.5. The molecule has 0 atom stereocenters. The Morgan fingerprint density at radius 1 is 0.302 bits per heavy atom. The van der Waals surface area contributed by atoms with E-state index in [2.05, 4.69) is 181 Å². The molecule has 0 heterocycles. The number of para-hydroxylation sites is 1. The fraction of sp³-hybridized carbons (Fsp3) is 0. The number of anilines is 3. The minimum Gasteiger partial charge on any atom is -0.310 e. The van der Waals surface area contributed by atoms with Crippen LogP contribution >= 0.6 is 0 Å². The highest BCUT2D eigenvalue weighted by Crippen LogP contribution is 2.43. The average Bonchev–Trinajstić information content (AvgIpc) is 3.08. The molecule has 0 spiro atoms. The second kappa shape index (κ2) is 10.6. The highest BCUT2D eigenvalue weighted by atomic mass is 15.1. The summed E-state index contributed by atoms with van der Waals surface area (Å²) in [5.41, 5.74) is 8.31. The molecule has 1 nitrogen and oxygen atoms in total. The molecule has 0 N–H and O–H groups in total. The number of hydrogen-bond donors (Lipinski definition) is 0. The van der Waals surface area contributed by atoms with E-state index in [0.29, 0.717) is 0 Å². The highest BCUT2D eigenvalue weighted by Gasteiger charge is 2.18. The SMILES string of the molecule is c1ccc(-c2ccccc2N(c2ccc3ccccc3c2)c2ccc3c(-c4cccc5ccccc45)cccc3c2)cc1. The highest BCUT2D eigenvalue weighted by molar-refractivity contribution is 6.06. The topological polar surface area (TPSA) is 3.24 Å². The van der Waals surface area contributed by atoms with E-state index < -0.39 is 0 Å². The lowest BCUT2D eigenvalue weighted by Crippen LogP contribution is -2.11. The first-order valence-electron chi connectivity index (χ1n) is 14.8. The van der Waals surface area contributed by atoms with Gasteiger partial charge < -0.3 is 4.90 Å². The number of nitrogens with zero attached hydrogens (tertiary/aromatic N) is 1. The van der Waals surface area contributed by atoms with Crippen molar-refractivity contribution in [2.24, 2.45) is 0 Å². The summed E-state index contributed by atoms with van der Waals surface area (Å²) in [6.07, 6.45) is 0. The van der Waals surface area contributed by atoms with E-state index in [0.717, 1.165) is 17.1 Å². The van der Waals surface area contributed by atoms with Crippen molar-refractivity contribution in [2.45, 2.75) is 0 Å². The predicted molar refractivity (Wildman–Crippen MR) is 185 cm³/mol. The normalized spacial score (nSPS) is 11.3. The van der Waals surface area contributed by atoms with E-state index in [1.165, 1.54) is 54.6 Å². The molecule has 0 unspecified atom stereocenters. The van der Waals surface area contributed by atoms with Gasteiger partial charge in [0.2, 0.25) is 0 Å². The standard InChI is InChI=1S/C42H29N/c1-2-13-32(14-3-1)39-20-8-9-23-42(39)43(35-25-24-30-12-4-5-16-33(30)28-35)36-26-27-38-34(29-36)18-11-22-41(38)40-21-10-17-31-15-6-7-19-37(31)40/h1-29H. The van der Waals surface area contributed by atoms with Crippen molar-refractivity contribution in [2.75, 3.05) is 4.90 Å². The number of fused-ring (bicyclic) bond motifs is 3. The van der Waals surface area contributed by atoms with Gasteiger partial charge in [-0.15, -0.1) is 0 Å². The van der Waals surface area contributed by atoms with Crippen molar-refractivity contribution in [1.29, 1.82) is 0 Å². The van der Waals surface area contributed by atoms with E-state index in [9.17, 15) is 0 Å². The van der Waals surface area contributed by atoms with Crippen molar-refractivity contribution in [3.63, 3.8) is 0 Å². The molecule has 0 aliphatic carbocycles. The van der Waals surface area contributed by atoms with Crippen LogP contribution in [0.15, 0.2) is 176 Å². The Balaban J connectivity index is 1.34. The van der Waals surface area contributed by atoms with Gasteiger partial charge in [-0.2, -0.15) is 0 Å². The fourth-order valence-corrected chi connectivity index (χ4v) is 6.38. The smallest absolute Gasteiger partial charge is 0.0540 e. The molecule has 8 rings (SSSR count). The maximum absolute atomic E-state index is 2.40. The molecule has 0 radical (unpaired) electrons. The first kappa shape index (κ1) is 25.1. The van der Waals surface area contributed by atoms with Crippen LogP contribution in [0.5, 0.6) is 0 Å². The third-order valence-electron chi connectivity index (χ3n) is 8.42. The molecule has 0 amide bonds. The van der Waals surface area contributed by atoms with Gasteiger partial charge in [-0.25, -0.2) is 0 Å². The lowest BCUT2D eigenvalue weighted by Gasteiger charge is -2.28. The monoisotopic (exact) mass is 547 g/mol. The van der Waals surface area contributed by atoms with E-state index in [1.54, 1.807) is 0 Å². The quantitative estimate of drug-likeness (QED) is 0.207. The maximum atomic E-state index is 2.40. The Morgan fingerprint density at radius 2 is 0.837 bits per heavy atom. The van der Waals surface area contributed by atoms with Gasteiger partial charge in [-0.3, -0.25) is 0 Å². The fourth-order valence-electron chi connectivity index (χ4n) is 6.38. The predicted octanol–water partition coefficient (Wildman–Crippen LogP) is 11.9. The van der Waals surface area contributed by atoms with Gasteiger partial charge in [0.25, 0.3) is 0 Å². The molecule has 0 aromatic heterocycles. The van der Waals surface area contributed by atoms with Gasteiger partial charge in [-0.05, 0) is 79.3 Å². The maximum Gasteiger partial charge on any atom is 0.0540 e. The van der Waals surface area contributed by atoms with Crippen molar-refractivity contribution in [1.82, 2.24) is 0 Å². The Hall–Kier alpha value is -5.66. The van der Waals surface area contributed by atoms with Gasteiger partial charge in [0.1, 0.15) is 0 Å².